The third kappa shape index (κ3) is 7.04. The van der Waals surface area contributed by atoms with E-state index in [1.807, 2.05) is 26.0 Å². The van der Waals surface area contributed by atoms with Crippen molar-refractivity contribution in [2.45, 2.75) is 40.2 Å². The Morgan fingerprint density at radius 1 is 1.00 bits per heavy atom. The van der Waals surface area contributed by atoms with Crippen molar-refractivity contribution in [3.63, 3.8) is 0 Å². The first-order valence-corrected chi connectivity index (χ1v) is 15.5. The van der Waals surface area contributed by atoms with E-state index in [1.54, 1.807) is 30.3 Å². The highest BCUT2D eigenvalue weighted by atomic mass is 79.9. The average Bonchev–Trinajstić information content (AvgIpc) is 3.03. The van der Waals surface area contributed by atoms with Gasteiger partial charge in [-0.3, -0.25) is 25.0 Å². The van der Waals surface area contributed by atoms with Crippen molar-refractivity contribution in [1.82, 2.24) is 9.66 Å². The van der Waals surface area contributed by atoms with Gasteiger partial charge in [-0.1, -0.05) is 41.9 Å². The monoisotopic (exact) mass is 699 g/mol. The lowest BCUT2D eigenvalue weighted by Gasteiger charge is -2.18. The lowest BCUT2D eigenvalue weighted by Crippen LogP contribution is -2.21. The maximum Gasteiger partial charge on any atom is 0.312 e. The van der Waals surface area contributed by atoms with Gasteiger partial charge in [0, 0.05) is 33.8 Å². The number of aromatic nitrogens is 2. The molecule has 1 heterocycles. The van der Waals surface area contributed by atoms with Crippen LogP contribution in [0.3, 0.4) is 0 Å². The second-order valence-corrected chi connectivity index (χ2v) is 11.8. The first-order valence-electron chi connectivity index (χ1n) is 14.7. The molecule has 0 fully saturated rings. The molecule has 4 aromatic carbocycles. The number of non-ortho nitro benzene ring substituents is 1. The van der Waals surface area contributed by atoms with Gasteiger partial charge in [0.05, 0.1) is 33.6 Å². The van der Waals surface area contributed by atoms with Gasteiger partial charge in [0.1, 0.15) is 12.4 Å². The summed E-state index contributed by atoms with van der Waals surface area (Å²) >= 11 is 3.33. The van der Waals surface area contributed by atoms with E-state index in [0.29, 0.717) is 33.1 Å². The van der Waals surface area contributed by atoms with Gasteiger partial charge in [-0.15, -0.1) is 0 Å². The maximum atomic E-state index is 13.9. The van der Waals surface area contributed by atoms with E-state index in [9.17, 15) is 25.0 Å². The number of nitrogens with zero attached hydrogens (tertiary/aromatic N) is 5. The summed E-state index contributed by atoms with van der Waals surface area (Å²) in [7, 11) is 0. The predicted octanol–water partition coefficient (Wildman–Crippen LogP) is 7.93. The van der Waals surface area contributed by atoms with E-state index in [1.165, 1.54) is 41.2 Å². The lowest BCUT2D eigenvalue weighted by atomic mass is 9.96. The van der Waals surface area contributed by atoms with Crippen molar-refractivity contribution in [2.75, 3.05) is 6.61 Å². The summed E-state index contributed by atoms with van der Waals surface area (Å²) in [6.07, 6.45) is 1.32. The molecule has 0 spiro atoms. The first kappa shape index (κ1) is 32.9. The summed E-state index contributed by atoms with van der Waals surface area (Å²) in [4.78, 5) is 40.8. The topological polar surface area (TPSA) is 152 Å². The molecule has 13 heteroatoms. The highest BCUT2D eigenvalue weighted by Gasteiger charge is 2.22. The fraction of sp³-hybridized carbons (Fsp3) is 0.206. The molecule has 0 unspecified atom stereocenters. The Morgan fingerprint density at radius 2 is 1.72 bits per heavy atom. The molecule has 5 rings (SSSR count). The standard InChI is InChI=1S/C34H30BrN5O7/c1-5-46-31-14-21(4)28(17-27(31)20(2)3)33-37-29-9-7-6-8-26(29)34(41)38(33)36-18-23-15-24(35)16-30(40(44)45)32(23)47-19-22-10-12-25(13-11-22)39(42)43/h6-18,20H,5,19H2,1-4H3. The van der Waals surface area contributed by atoms with Crippen LogP contribution < -0.4 is 15.0 Å². The molecule has 0 N–H and O–H groups in total. The first-order chi connectivity index (χ1) is 22.5. The molecule has 0 radical (unpaired) electrons. The second kappa shape index (κ2) is 13.9. The smallest absolute Gasteiger partial charge is 0.312 e. The zero-order chi connectivity index (χ0) is 33.8. The van der Waals surface area contributed by atoms with Crippen LogP contribution in [0.1, 0.15) is 48.9 Å². The molecule has 0 atom stereocenters. The zero-order valence-electron chi connectivity index (χ0n) is 26.0. The fourth-order valence-electron chi connectivity index (χ4n) is 5.05. The summed E-state index contributed by atoms with van der Waals surface area (Å²) in [5.41, 5.74) is 2.82. The Labute approximate surface area is 277 Å². The molecule has 0 saturated carbocycles. The number of benzene rings is 4. The molecule has 0 aliphatic rings. The molecule has 0 aliphatic carbocycles. The van der Waals surface area contributed by atoms with Crippen LogP contribution in [0.25, 0.3) is 22.3 Å². The number of halogens is 1. The summed E-state index contributed by atoms with van der Waals surface area (Å²) in [5, 5.41) is 28.0. The van der Waals surface area contributed by atoms with E-state index in [2.05, 4.69) is 34.9 Å². The van der Waals surface area contributed by atoms with E-state index >= 15 is 0 Å². The number of fused-ring (bicyclic) bond motifs is 1. The molecule has 47 heavy (non-hydrogen) atoms. The summed E-state index contributed by atoms with van der Waals surface area (Å²) in [6, 6.07) is 19.4. The lowest BCUT2D eigenvalue weighted by molar-refractivity contribution is -0.386. The number of hydrogen-bond donors (Lipinski definition) is 0. The molecule has 240 valence electrons. The van der Waals surface area contributed by atoms with E-state index < -0.39 is 15.4 Å². The summed E-state index contributed by atoms with van der Waals surface area (Å²) in [6.45, 7) is 8.30. The van der Waals surface area contributed by atoms with Crippen molar-refractivity contribution >= 4 is 44.4 Å². The normalized spacial score (nSPS) is 11.4. The van der Waals surface area contributed by atoms with Crippen LogP contribution in [-0.2, 0) is 6.61 Å². The van der Waals surface area contributed by atoms with E-state index in [4.69, 9.17) is 14.5 Å². The van der Waals surface area contributed by atoms with Crippen molar-refractivity contribution in [2.24, 2.45) is 5.10 Å². The largest absolute Gasteiger partial charge is 0.494 e. The maximum absolute atomic E-state index is 13.9. The Morgan fingerprint density at radius 3 is 2.38 bits per heavy atom. The van der Waals surface area contributed by atoms with Gasteiger partial charge in [0.25, 0.3) is 11.2 Å². The van der Waals surface area contributed by atoms with Crippen LogP contribution in [0.2, 0.25) is 0 Å². The number of rotatable bonds is 11. The SMILES string of the molecule is CCOc1cc(C)c(-c2nc3ccccc3c(=O)n2N=Cc2cc(Br)cc([N+](=O)[O-])c2OCc2ccc([N+](=O)[O-])cc2)cc1C(C)C. The van der Waals surface area contributed by atoms with Crippen molar-refractivity contribution in [3.05, 3.63) is 130 Å². The van der Waals surface area contributed by atoms with Gasteiger partial charge in [0.15, 0.2) is 5.82 Å². The molecule has 0 saturated heterocycles. The highest BCUT2D eigenvalue weighted by molar-refractivity contribution is 9.10. The molecule has 12 nitrogen and oxygen atoms in total. The summed E-state index contributed by atoms with van der Waals surface area (Å²) in [5.74, 6) is 1.05. The van der Waals surface area contributed by atoms with Crippen LogP contribution in [0.4, 0.5) is 11.4 Å². The van der Waals surface area contributed by atoms with Gasteiger partial charge in [-0.25, -0.2) is 4.98 Å². The van der Waals surface area contributed by atoms with Crippen molar-refractivity contribution in [1.29, 1.82) is 0 Å². The zero-order valence-corrected chi connectivity index (χ0v) is 27.6. The Bertz CT molecular complexity index is 2090. The molecule has 0 aliphatic heterocycles. The minimum Gasteiger partial charge on any atom is -0.494 e. The number of nitro benzene ring substituents is 2. The molecule has 1 aromatic heterocycles. The van der Waals surface area contributed by atoms with Gasteiger partial charge < -0.3 is 9.47 Å². The third-order valence-electron chi connectivity index (χ3n) is 7.38. The van der Waals surface area contributed by atoms with Crippen LogP contribution >= 0.6 is 15.9 Å². The predicted molar refractivity (Wildman–Crippen MR) is 183 cm³/mol. The highest BCUT2D eigenvalue weighted by Crippen LogP contribution is 2.36. The Balaban J connectivity index is 1.66. The van der Waals surface area contributed by atoms with Crippen LogP contribution in [0.15, 0.2) is 87.2 Å². The van der Waals surface area contributed by atoms with Gasteiger partial charge in [-0.2, -0.15) is 9.78 Å². The van der Waals surface area contributed by atoms with Crippen LogP contribution in [0, 0.1) is 27.2 Å². The van der Waals surface area contributed by atoms with Gasteiger partial charge in [-0.05, 0) is 78.9 Å². The third-order valence-corrected chi connectivity index (χ3v) is 7.83. The second-order valence-electron chi connectivity index (χ2n) is 10.9. The number of ether oxygens (including phenoxy) is 2. The van der Waals surface area contributed by atoms with E-state index in [-0.39, 0.29) is 41.0 Å². The van der Waals surface area contributed by atoms with Crippen LogP contribution in [-0.4, -0.2) is 32.3 Å². The fourth-order valence-corrected chi connectivity index (χ4v) is 5.52. The number of nitro groups is 2. The number of aryl methyl sites for hydroxylation is 1. The molecule has 0 bridgehead atoms. The van der Waals surface area contributed by atoms with Crippen LogP contribution in [0.5, 0.6) is 11.5 Å². The molecule has 0 amide bonds. The minimum atomic E-state index is -0.584. The number of hydrogen-bond acceptors (Lipinski definition) is 9. The minimum absolute atomic E-state index is 0.0929. The van der Waals surface area contributed by atoms with Crippen molar-refractivity contribution in [3.8, 4) is 22.9 Å². The summed E-state index contributed by atoms with van der Waals surface area (Å²) < 4.78 is 13.4. The molecular weight excluding hydrogens is 670 g/mol. The Hall–Kier alpha value is -5.43. The van der Waals surface area contributed by atoms with Crippen molar-refractivity contribution < 1.29 is 19.3 Å². The van der Waals surface area contributed by atoms with Gasteiger partial charge in [0.2, 0.25) is 5.75 Å². The average molecular weight is 701 g/mol. The van der Waals surface area contributed by atoms with Gasteiger partial charge >= 0.3 is 5.69 Å². The molecule has 5 aromatic rings. The molecular formula is C34H30BrN5O7. The Kier molecular flexibility index (Phi) is 9.75. The number of para-hydroxylation sites is 1. The quantitative estimate of drug-likeness (QED) is 0.0765. The van der Waals surface area contributed by atoms with E-state index in [0.717, 1.165) is 16.9 Å².